The maximum Gasteiger partial charge on any atom is 0.391 e. The average molecular weight is 394 g/mol. The molecule has 0 saturated carbocycles. The molecular formula is C17H17F3N6O2. The highest BCUT2D eigenvalue weighted by Gasteiger charge is 2.42. The van der Waals surface area contributed by atoms with Gasteiger partial charge in [-0.3, -0.25) is 14.6 Å². The summed E-state index contributed by atoms with van der Waals surface area (Å²) in [6.07, 6.45) is -1.12. The summed E-state index contributed by atoms with van der Waals surface area (Å²) < 4.78 is 39.8. The van der Waals surface area contributed by atoms with E-state index in [9.17, 15) is 22.8 Å². The summed E-state index contributed by atoms with van der Waals surface area (Å²) in [6, 6.07) is 0. The highest BCUT2D eigenvalue weighted by molar-refractivity contribution is 5.95. The third-order valence-corrected chi connectivity index (χ3v) is 5.18. The van der Waals surface area contributed by atoms with Crippen LogP contribution in [-0.2, 0) is 6.42 Å². The second-order valence-electron chi connectivity index (χ2n) is 6.87. The van der Waals surface area contributed by atoms with Crippen molar-refractivity contribution in [1.29, 1.82) is 0 Å². The maximum absolute atomic E-state index is 12.8. The summed E-state index contributed by atoms with van der Waals surface area (Å²) in [7, 11) is 0. The van der Waals surface area contributed by atoms with Crippen LogP contribution in [0, 0.1) is 12.8 Å². The number of nitrogens with one attached hydrogen (secondary N) is 1. The molecular weight excluding hydrogens is 377 g/mol. The number of carbonyl (C=O) groups excluding carboxylic acids is 1. The fourth-order valence-corrected chi connectivity index (χ4v) is 3.50. The summed E-state index contributed by atoms with van der Waals surface area (Å²) in [5.41, 5.74) is 0.844. The Balaban J connectivity index is 1.56. The lowest BCUT2D eigenvalue weighted by molar-refractivity contribution is -0.183. The summed E-state index contributed by atoms with van der Waals surface area (Å²) in [5, 5.41) is 4.13. The lowest BCUT2D eigenvalue weighted by Gasteiger charge is -2.32. The van der Waals surface area contributed by atoms with Crippen LogP contribution < -0.4 is 5.56 Å². The summed E-state index contributed by atoms with van der Waals surface area (Å²) in [4.78, 5) is 37.2. The van der Waals surface area contributed by atoms with E-state index in [1.807, 2.05) is 0 Å². The molecule has 0 radical (unpaired) electrons. The second kappa shape index (κ2) is 6.57. The molecule has 28 heavy (non-hydrogen) atoms. The highest BCUT2D eigenvalue weighted by Crippen LogP contribution is 2.34. The van der Waals surface area contributed by atoms with Gasteiger partial charge in [-0.05, 0) is 19.8 Å². The molecule has 1 amide bonds. The normalized spacial score (nSPS) is 17.2. The van der Waals surface area contributed by atoms with Gasteiger partial charge in [-0.1, -0.05) is 0 Å². The van der Waals surface area contributed by atoms with Crippen LogP contribution in [0.3, 0.4) is 0 Å². The minimum atomic E-state index is -4.23. The number of fused-ring (bicyclic) bond motifs is 1. The van der Waals surface area contributed by atoms with Crippen LogP contribution >= 0.6 is 0 Å². The monoisotopic (exact) mass is 394 g/mol. The fourth-order valence-electron chi connectivity index (χ4n) is 3.50. The van der Waals surface area contributed by atoms with Gasteiger partial charge < -0.3 is 4.90 Å². The molecule has 2 aliphatic rings. The number of aliphatic imine (C=N–C) groups is 1. The van der Waals surface area contributed by atoms with Crippen molar-refractivity contribution >= 4 is 17.9 Å². The lowest BCUT2D eigenvalue weighted by atomic mass is 9.96. The molecule has 148 valence electrons. The number of nitrogens with zero attached hydrogens (tertiary/aromatic N) is 5. The molecule has 0 bridgehead atoms. The molecule has 4 heterocycles. The van der Waals surface area contributed by atoms with Crippen LogP contribution in [0.25, 0.3) is 5.95 Å². The average Bonchev–Trinajstić information content (AvgIpc) is 3.27. The molecule has 2 aromatic heterocycles. The first-order valence-electron chi connectivity index (χ1n) is 8.82. The molecule has 1 saturated heterocycles. The van der Waals surface area contributed by atoms with E-state index in [0.717, 1.165) is 0 Å². The van der Waals surface area contributed by atoms with Crippen molar-refractivity contribution in [1.82, 2.24) is 24.6 Å². The number of piperidine rings is 1. The molecule has 0 unspecified atom stereocenters. The summed E-state index contributed by atoms with van der Waals surface area (Å²) >= 11 is 0. The zero-order chi connectivity index (χ0) is 20.1. The van der Waals surface area contributed by atoms with E-state index in [1.54, 1.807) is 13.1 Å². The number of H-pyrrole nitrogens is 1. The smallest absolute Gasteiger partial charge is 0.339 e. The van der Waals surface area contributed by atoms with Gasteiger partial charge in [0.1, 0.15) is 0 Å². The first kappa shape index (κ1) is 18.4. The molecule has 0 aromatic carbocycles. The van der Waals surface area contributed by atoms with Crippen LogP contribution in [0.2, 0.25) is 0 Å². The number of hydrogen-bond donors (Lipinski definition) is 1. The van der Waals surface area contributed by atoms with Crippen LogP contribution in [0.1, 0.15) is 34.5 Å². The van der Waals surface area contributed by atoms with Crippen molar-refractivity contribution in [2.75, 3.05) is 13.1 Å². The first-order valence-corrected chi connectivity index (χ1v) is 8.82. The SMILES string of the molecule is Cc1c(C(=O)N2CCC(C(F)(F)F)CC2)cnn1-c1nc2c(c(=O)[nH]1)CC=N2. The van der Waals surface area contributed by atoms with Gasteiger partial charge in [0.05, 0.1) is 28.9 Å². The standard InChI is InChI=1S/C17H17F3N6O2/c1-9-12(15(28)25-6-3-10(4-7-25)17(18,19)20)8-22-26(9)16-23-13-11(2-5-21-13)14(27)24-16/h5,8,10H,2-4,6-7H2,1H3,(H,23,24,27). The Labute approximate surface area is 157 Å². The Bertz CT molecular complexity index is 1010. The van der Waals surface area contributed by atoms with E-state index in [0.29, 0.717) is 23.5 Å². The molecule has 1 fully saturated rings. The van der Waals surface area contributed by atoms with Crippen molar-refractivity contribution in [3.63, 3.8) is 0 Å². The lowest BCUT2D eigenvalue weighted by Crippen LogP contribution is -2.42. The minimum absolute atomic E-state index is 0.0380. The number of hydrogen-bond acceptors (Lipinski definition) is 5. The molecule has 0 spiro atoms. The highest BCUT2D eigenvalue weighted by atomic mass is 19.4. The first-order chi connectivity index (χ1) is 13.3. The molecule has 0 atom stereocenters. The van der Waals surface area contributed by atoms with Gasteiger partial charge >= 0.3 is 6.18 Å². The predicted octanol–water partition coefficient (Wildman–Crippen LogP) is 1.94. The number of likely N-dealkylation sites (tertiary alicyclic amines) is 1. The third-order valence-electron chi connectivity index (χ3n) is 5.18. The molecule has 1 N–H and O–H groups in total. The van der Waals surface area contributed by atoms with E-state index in [1.165, 1.54) is 15.8 Å². The zero-order valence-corrected chi connectivity index (χ0v) is 15.0. The predicted molar refractivity (Wildman–Crippen MR) is 93.3 cm³/mol. The van der Waals surface area contributed by atoms with Crippen LogP contribution in [0.5, 0.6) is 0 Å². The molecule has 0 aliphatic carbocycles. The number of rotatable bonds is 2. The minimum Gasteiger partial charge on any atom is -0.339 e. The molecule has 8 nitrogen and oxygen atoms in total. The molecule has 11 heteroatoms. The Morgan fingerprint density at radius 3 is 2.68 bits per heavy atom. The topological polar surface area (TPSA) is 96.2 Å². The van der Waals surface area contributed by atoms with Gasteiger partial charge in [0, 0.05) is 25.7 Å². The Morgan fingerprint density at radius 2 is 2.00 bits per heavy atom. The van der Waals surface area contributed by atoms with Gasteiger partial charge in [0.25, 0.3) is 11.5 Å². The van der Waals surface area contributed by atoms with E-state index in [-0.39, 0.29) is 48.9 Å². The van der Waals surface area contributed by atoms with Gasteiger partial charge in [0.15, 0.2) is 5.82 Å². The largest absolute Gasteiger partial charge is 0.391 e. The van der Waals surface area contributed by atoms with Crippen LogP contribution in [-0.4, -0.2) is 56.0 Å². The van der Waals surface area contributed by atoms with Crippen molar-refractivity contribution in [3.05, 3.63) is 33.4 Å². The quantitative estimate of drug-likeness (QED) is 0.842. The summed E-state index contributed by atoms with van der Waals surface area (Å²) in [6.45, 7) is 1.71. The second-order valence-corrected chi connectivity index (χ2v) is 6.87. The Morgan fingerprint density at radius 1 is 1.29 bits per heavy atom. The maximum atomic E-state index is 12.8. The van der Waals surface area contributed by atoms with Gasteiger partial charge in [-0.15, -0.1) is 0 Å². The number of carbonyl (C=O) groups is 1. The van der Waals surface area contributed by atoms with Crippen molar-refractivity contribution < 1.29 is 18.0 Å². The Hall–Kier alpha value is -2.98. The van der Waals surface area contributed by atoms with Crippen molar-refractivity contribution in [2.45, 2.75) is 32.4 Å². The molecule has 4 rings (SSSR count). The van der Waals surface area contributed by atoms with Gasteiger partial charge in [-0.25, -0.2) is 9.67 Å². The van der Waals surface area contributed by atoms with Gasteiger partial charge in [0.2, 0.25) is 5.95 Å². The third kappa shape index (κ3) is 3.10. The van der Waals surface area contributed by atoms with Gasteiger partial charge in [-0.2, -0.15) is 23.3 Å². The van der Waals surface area contributed by atoms with Crippen LogP contribution in [0.15, 0.2) is 16.0 Å². The summed E-state index contributed by atoms with van der Waals surface area (Å²) in [5.74, 6) is -1.31. The fraction of sp³-hybridized carbons (Fsp3) is 0.471. The van der Waals surface area contributed by atoms with E-state index in [2.05, 4.69) is 20.1 Å². The number of alkyl halides is 3. The number of aromatic amines is 1. The van der Waals surface area contributed by atoms with Crippen molar-refractivity contribution in [3.8, 4) is 5.95 Å². The van der Waals surface area contributed by atoms with E-state index in [4.69, 9.17) is 0 Å². The van der Waals surface area contributed by atoms with Crippen molar-refractivity contribution in [2.24, 2.45) is 10.9 Å². The van der Waals surface area contributed by atoms with Crippen LogP contribution in [0.4, 0.5) is 19.0 Å². The number of amides is 1. The van der Waals surface area contributed by atoms with E-state index < -0.39 is 12.1 Å². The Kier molecular flexibility index (Phi) is 4.31. The number of aromatic nitrogens is 4. The van der Waals surface area contributed by atoms with E-state index >= 15 is 0 Å². The zero-order valence-electron chi connectivity index (χ0n) is 15.0. The molecule has 2 aromatic rings. The molecule has 2 aliphatic heterocycles. The number of halogens is 3.